The van der Waals surface area contributed by atoms with Gasteiger partial charge in [-0.25, -0.2) is 4.98 Å². The van der Waals surface area contributed by atoms with Crippen LogP contribution < -0.4 is 14.4 Å². The molecule has 2 aromatic heterocycles. The lowest BCUT2D eigenvalue weighted by molar-refractivity contribution is -0.117. The second-order valence-corrected chi connectivity index (χ2v) is 10.5. The number of amides is 1. The Bertz CT molecular complexity index is 1590. The number of benzene rings is 2. The highest BCUT2D eigenvalue weighted by molar-refractivity contribution is 7.22. The van der Waals surface area contributed by atoms with Crippen molar-refractivity contribution >= 4 is 50.0 Å². The lowest BCUT2D eigenvalue weighted by Gasteiger charge is -2.25. The molecule has 0 radical (unpaired) electrons. The zero-order chi connectivity index (χ0) is 27.7. The van der Waals surface area contributed by atoms with E-state index in [1.165, 1.54) is 22.3 Å². The lowest BCUT2D eigenvalue weighted by Crippen LogP contribution is -2.31. The maximum Gasteiger partial charge on any atom is 0.296 e. The molecular weight excluding hydrogens is 540 g/mol. The smallest absolute Gasteiger partial charge is 0.296 e. The van der Waals surface area contributed by atoms with Gasteiger partial charge < -0.3 is 19.0 Å². The Hall–Kier alpha value is -3.82. The van der Waals surface area contributed by atoms with E-state index in [2.05, 4.69) is 11.9 Å². The second kappa shape index (κ2) is 11.1. The van der Waals surface area contributed by atoms with E-state index in [-0.39, 0.29) is 11.3 Å². The van der Waals surface area contributed by atoms with Crippen LogP contribution in [0, 0.1) is 6.92 Å². The van der Waals surface area contributed by atoms with Crippen LogP contribution >= 0.6 is 22.9 Å². The van der Waals surface area contributed by atoms with Crippen LogP contribution in [0.2, 0.25) is 5.02 Å². The van der Waals surface area contributed by atoms with Gasteiger partial charge in [0.2, 0.25) is 5.78 Å². The summed E-state index contributed by atoms with van der Waals surface area (Å²) in [5.41, 5.74) is 1.08. The van der Waals surface area contributed by atoms with Crippen molar-refractivity contribution in [2.75, 3.05) is 18.1 Å². The molecule has 1 unspecified atom stereocenters. The summed E-state index contributed by atoms with van der Waals surface area (Å²) < 4.78 is 18.1. The molecule has 0 spiro atoms. The van der Waals surface area contributed by atoms with Crippen molar-refractivity contribution in [1.82, 2.24) is 4.98 Å². The van der Waals surface area contributed by atoms with E-state index in [0.717, 1.165) is 17.5 Å². The number of aryl methyl sites for hydroxylation is 1. The summed E-state index contributed by atoms with van der Waals surface area (Å²) in [7, 11) is 0. The average Bonchev–Trinajstić information content (AvgIpc) is 3.60. The molecule has 0 saturated carbocycles. The molecular formula is C29H27ClN2O6S. The molecule has 1 amide bonds. The SMILES string of the molecule is CCCCOc1ccc(C2C(C(=O)c3ccc(C)o3)=C(O)C(=O)N2c2nc3ccc(Cl)cc3s2)cc1OCC. The summed E-state index contributed by atoms with van der Waals surface area (Å²) in [6, 6.07) is 12.7. The Balaban J connectivity index is 1.64. The number of carbonyl (C=O) groups is 2. The Morgan fingerprint density at radius 1 is 1.13 bits per heavy atom. The van der Waals surface area contributed by atoms with Crippen LogP contribution in [0.3, 0.4) is 0 Å². The predicted octanol–water partition coefficient (Wildman–Crippen LogP) is 7.21. The summed E-state index contributed by atoms with van der Waals surface area (Å²) in [5.74, 6) is -0.396. The van der Waals surface area contributed by atoms with Crippen LogP contribution in [0.1, 0.15) is 54.6 Å². The number of ether oxygens (including phenoxy) is 2. The first-order chi connectivity index (χ1) is 18.8. The molecule has 1 aliphatic rings. The van der Waals surface area contributed by atoms with Crippen molar-refractivity contribution in [2.24, 2.45) is 0 Å². The number of aliphatic hydroxyl groups excluding tert-OH is 1. The standard InChI is InChI=1S/C29H27ClN2O6S/c1-4-6-13-37-20-12-8-17(14-22(20)36-5-2)25-24(26(33)21-11-7-16(3)38-21)27(34)28(35)32(25)29-31-19-10-9-18(30)15-23(19)39-29/h7-12,14-15,25,34H,4-6,13H2,1-3H3. The van der Waals surface area contributed by atoms with E-state index < -0.39 is 23.5 Å². The number of unbranched alkanes of at least 4 members (excludes halogenated alkanes) is 1. The molecule has 2 aromatic carbocycles. The van der Waals surface area contributed by atoms with Crippen molar-refractivity contribution in [3.63, 3.8) is 0 Å². The number of rotatable bonds is 10. The summed E-state index contributed by atoms with van der Waals surface area (Å²) >= 11 is 7.41. The number of nitrogens with zero attached hydrogens (tertiary/aromatic N) is 2. The lowest BCUT2D eigenvalue weighted by atomic mass is 9.95. The first kappa shape index (κ1) is 26.8. The van der Waals surface area contributed by atoms with Gasteiger partial charge in [0.05, 0.1) is 35.0 Å². The zero-order valence-corrected chi connectivity index (χ0v) is 23.3. The molecule has 5 rings (SSSR count). The number of hydrogen-bond acceptors (Lipinski definition) is 8. The molecule has 0 saturated heterocycles. The molecule has 1 aliphatic heterocycles. The Morgan fingerprint density at radius 3 is 2.67 bits per heavy atom. The van der Waals surface area contributed by atoms with E-state index in [0.29, 0.717) is 51.7 Å². The van der Waals surface area contributed by atoms with E-state index in [1.54, 1.807) is 49.4 Å². The van der Waals surface area contributed by atoms with E-state index in [1.807, 2.05) is 6.92 Å². The van der Waals surface area contributed by atoms with Crippen molar-refractivity contribution in [3.8, 4) is 11.5 Å². The average molecular weight is 567 g/mol. The molecule has 0 aliphatic carbocycles. The Labute approximate surface area is 234 Å². The minimum absolute atomic E-state index is 0.0225. The van der Waals surface area contributed by atoms with Crippen LogP contribution in [0.5, 0.6) is 11.5 Å². The minimum atomic E-state index is -0.990. The van der Waals surface area contributed by atoms with Crippen LogP contribution in [-0.4, -0.2) is 35.0 Å². The number of furan rings is 1. The molecule has 0 bridgehead atoms. The van der Waals surface area contributed by atoms with Gasteiger partial charge in [0.1, 0.15) is 5.76 Å². The van der Waals surface area contributed by atoms with Crippen LogP contribution in [0.4, 0.5) is 5.13 Å². The van der Waals surface area contributed by atoms with Crippen LogP contribution in [-0.2, 0) is 4.79 Å². The fourth-order valence-corrected chi connectivity index (χ4v) is 5.71. The highest BCUT2D eigenvalue weighted by Crippen LogP contribution is 2.46. The Kier molecular flexibility index (Phi) is 7.63. The predicted molar refractivity (Wildman–Crippen MR) is 150 cm³/mol. The van der Waals surface area contributed by atoms with Gasteiger partial charge in [-0.15, -0.1) is 0 Å². The number of thiazole rings is 1. The number of ketones is 1. The van der Waals surface area contributed by atoms with Crippen molar-refractivity contribution < 1.29 is 28.6 Å². The highest BCUT2D eigenvalue weighted by atomic mass is 35.5. The monoisotopic (exact) mass is 566 g/mol. The molecule has 202 valence electrons. The van der Waals surface area contributed by atoms with E-state index in [4.69, 9.17) is 25.5 Å². The number of halogens is 1. The molecule has 39 heavy (non-hydrogen) atoms. The number of aliphatic hydroxyl groups is 1. The van der Waals surface area contributed by atoms with Gasteiger partial charge in [0.25, 0.3) is 5.91 Å². The van der Waals surface area contributed by atoms with Crippen molar-refractivity contribution in [1.29, 1.82) is 0 Å². The van der Waals surface area contributed by atoms with Gasteiger partial charge in [-0.05, 0) is 68.3 Å². The van der Waals surface area contributed by atoms with Gasteiger partial charge in [0, 0.05) is 5.02 Å². The van der Waals surface area contributed by atoms with Gasteiger partial charge in [0.15, 0.2) is 28.1 Å². The Morgan fingerprint density at radius 2 is 1.95 bits per heavy atom. The van der Waals surface area contributed by atoms with Gasteiger partial charge in [-0.3, -0.25) is 14.5 Å². The molecule has 8 nitrogen and oxygen atoms in total. The topological polar surface area (TPSA) is 102 Å². The second-order valence-electron chi connectivity index (χ2n) is 9.03. The third-order valence-corrected chi connectivity index (χ3v) is 7.55. The molecule has 1 N–H and O–H groups in total. The van der Waals surface area contributed by atoms with Gasteiger partial charge >= 0.3 is 0 Å². The maximum absolute atomic E-state index is 13.7. The number of fused-ring (bicyclic) bond motifs is 1. The first-order valence-electron chi connectivity index (χ1n) is 12.7. The fourth-order valence-electron chi connectivity index (χ4n) is 4.44. The molecule has 4 aromatic rings. The quantitative estimate of drug-likeness (QED) is 0.160. The maximum atomic E-state index is 13.7. The molecule has 10 heteroatoms. The first-order valence-corrected chi connectivity index (χ1v) is 13.8. The molecule has 3 heterocycles. The number of Topliss-reactive ketones (excluding diaryl/α,β-unsaturated/α-hetero) is 1. The number of carbonyl (C=O) groups excluding carboxylic acids is 2. The van der Waals surface area contributed by atoms with E-state index in [9.17, 15) is 14.7 Å². The summed E-state index contributed by atoms with van der Waals surface area (Å²) in [4.78, 5) is 33.2. The van der Waals surface area contributed by atoms with Crippen LogP contribution in [0.25, 0.3) is 10.2 Å². The zero-order valence-electron chi connectivity index (χ0n) is 21.7. The summed E-state index contributed by atoms with van der Waals surface area (Å²) in [6.07, 6.45) is 1.87. The van der Waals surface area contributed by atoms with Crippen molar-refractivity contribution in [2.45, 2.75) is 39.7 Å². The van der Waals surface area contributed by atoms with E-state index >= 15 is 0 Å². The number of hydrogen-bond donors (Lipinski definition) is 1. The number of anilines is 1. The highest BCUT2D eigenvalue weighted by Gasteiger charge is 2.46. The van der Waals surface area contributed by atoms with Gasteiger partial charge in [-0.2, -0.15) is 0 Å². The fraction of sp³-hybridized carbons (Fsp3) is 0.276. The largest absolute Gasteiger partial charge is 0.503 e. The summed E-state index contributed by atoms with van der Waals surface area (Å²) in [6.45, 7) is 6.57. The normalized spacial score (nSPS) is 15.4. The third-order valence-electron chi connectivity index (χ3n) is 6.30. The minimum Gasteiger partial charge on any atom is -0.503 e. The van der Waals surface area contributed by atoms with Gasteiger partial charge in [-0.1, -0.05) is 42.3 Å². The van der Waals surface area contributed by atoms with Crippen LogP contribution in [0.15, 0.2) is 64.3 Å². The summed E-state index contributed by atoms with van der Waals surface area (Å²) in [5, 5.41) is 11.9. The third kappa shape index (κ3) is 5.12. The number of aromatic nitrogens is 1. The van der Waals surface area contributed by atoms with Crippen molar-refractivity contribution in [3.05, 3.63) is 82.0 Å². The molecule has 1 atom stereocenters. The molecule has 0 fully saturated rings.